The van der Waals surface area contributed by atoms with Gasteiger partial charge in [0.25, 0.3) is 0 Å². The molecule has 0 spiro atoms. The van der Waals surface area contributed by atoms with Crippen molar-refractivity contribution in [1.29, 1.82) is 5.26 Å². The van der Waals surface area contributed by atoms with E-state index < -0.39 is 5.97 Å². The summed E-state index contributed by atoms with van der Waals surface area (Å²) in [6, 6.07) is 24.6. The summed E-state index contributed by atoms with van der Waals surface area (Å²) in [7, 11) is 0. The largest absolute Gasteiger partial charge is 0.481 e. The van der Waals surface area contributed by atoms with Gasteiger partial charge in [0.05, 0.1) is 23.7 Å². The quantitative estimate of drug-likeness (QED) is 0.412. The minimum atomic E-state index is -0.969. The molecular weight excluding hydrogens is 413 g/mol. The molecule has 0 atom stereocenters. The van der Waals surface area contributed by atoms with Crippen LogP contribution in [0.3, 0.4) is 0 Å². The third-order valence-corrected chi connectivity index (χ3v) is 5.62. The molecule has 0 fully saturated rings. The van der Waals surface area contributed by atoms with E-state index in [0.717, 1.165) is 11.4 Å². The van der Waals surface area contributed by atoms with Gasteiger partial charge in [-0.25, -0.2) is 9.37 Å². The van der Waals surface area contributed by atoms with Gasteiger partial charge in [0.1, 0.15) is 5.82 Å². The molecule has 0 aliphatic carbocycles. The summed E-state index contributed by atoms with van der Waals surface area (Å²) in [5.74, 6) is -1.34. The normalized spacial score (nSPS) is 10.5. The predicted molar refractivity (Wildman–Crippen MR) is 118 cm³/mol. The van der Waals surface area contributed by atoms with Crippen LogP contribution in [0.25, 0.3) is 11.3 Å². The molecule has 4 rings (SSSR count). The maximum Gasteiger partial charge on any atom is 0.308 e. The molecule has 152 valence electrons. The lowest BCUT2D eigenvalue weighted by Crippen LogP contribution is -2.09. The fourth-order valence-electron chi connectivity index (χ4n) is 3.16. The van der Waals surface area contributed by atoms with Crippen LogP contribution in [-0.4, -0.2) is 16.1 Å². The van der Waals surface area contributed by atoms with Crippen molar-refractivity contribution in [2.45, 2.75) is 6.42 Å². The van der Waals surface area contributed by atoms with Gasteiger partial charge in [-0.2, -0.15) is 5.26 Å². The van der Waals surface area contributed by atoms with Gasteiger partial charge in [0, 0.05) is 21.8 Å². The van der Waals surface area contributed by atoms with Crippen molar-refractivity contribution in [3.05, 3.63) is 95.1 Å². The molecule has 0 radical (unpaired) electrons. The van der Waals surface area contributed by atoms with E-state index in [9.17, 15) is 14.3 Å². The number of thiazole rings is 1. The summed E-state index contributed by atoms with van der Waals surface area (Å²) in [6.07, 6.45) is -0.194. The molecule has 1 N–H and O–H groups in total. The molecule has 0 amide bonds. The van der Waals surface area contributed by atoms with E-state index in [-0.39, 0.29) is 12.2 Å². The number of halogens is 1. The number of para-hydroxylation sites is 1. The number of benzene rings is 3. The Labute approximate surface area is 182 Å². The second-order valence-corrected chi connectivity index (χ2v) is 7.74. The summed E-state index contributed by atoms with van der Waals surface area (Å²) in [5.41, 5.74) is 3.32. The Morgan fingerprint density at radius 2 is 1.65 bits per heavy atom. The molecule has 0 saturated heterocycles. The van der Waals surface area contributed by atoms with E-state index in [1.165, 1.54) is 23.5 Å². The fourth-order valence-corrected chi connectivity index (χ4v) is 4.27. The van der Waals surface area contributed by atoms with Gasteiger partial charge in [-0.05, 0) is 60.7 Å². The fraction of sp³-hybridized carbons (Fsp3) is 0.0417. The zero-order chi connectivity index (χ0) is 21.8. The van der Waals surface area contributed by atoms with Crippen LogP contribution in [0.5, 0.6) is 0 Å². The number of nitrogens with zero attached hydrogens (tertiary/aromatic N) is 3. The second kappa shape index (κ2) is 8.78. The third-order valence-electron chi connectivity index (χ3n) is 4.58. The average molecular weight is 429 g/mol. The predicted octanol–water partition coefficient (Wildman–Crippen LogP) is 5.92. The lowest BCUT2D eigenvalue weighted by atomic mass is 10.1. The van der Waals surface area contributed by atoms with Gasteiger partial charge in [0.15, 0.2) is 5.13 Å². The minimum Gasteiger partial charge on any atom is -0.481 e. The van der Waals surface area contributed by atoms with E-state index in [1.807, 2.05) is 47.4 Å². The van der Waals surface area contributed by atoms with Crippen LogP contribution in [0.2, 0.25) is 0 Å². The lowest BCUT2D eigenvalue weighted by Gasteiger charge is -2.22. The highest BCUT2D eigenvalue weighted by Crippen LogP contribution is 2.41. The maximum atomic E-state index is 13.4. The van der Waals surface area contributed by atoms with E-state index in [2.05, 4.69) is 6.07 Å². The van der Waals surface area contributed by atoms with Gasteiger partial charge in [-0.15, -0.1) is 0 Å². The summed E-state index contributed by atoms with van der Waals surface area (Å²) in [4.78, 5) is 18.7. The second-order valence-electron chi connectivity index (χ2n) is 6.68. The third kappa shape index (κ3) is 4.44. The van der Waals surface area contributed by atoms with E-state index >= 15 is 0 Å². The Kier molecular flexibility index (Phi) is 5.74. The summed E-state index contributed by atoms with van der Waals surface area (Å²) in [5, 5.41) is 19.1. The van der Waals surface area contributed by atoms with Crippen LogP contribution in [0.15, 0.2) is 78.9 Å². The molecule has 3 aromatic carbocycles. The first-order valence-corrected chi connectivity index (χ1v) is 10.2. The first-order valence-electron chi connectivity index (χ1n) is 9.38. The maximum absolute atomic E-state index is 13.4. The van der Waals surface area contributed by atoms with Gasteiger partial charge < -0.3 is 5.11 Å². The topological polar surface area (TPSA) is 77.2 Å². The standard InChI is InChI=1S/C24H16FN3O2S/c25-18-10-8-17(9-11-18)23-21(14-22(29)30)31-24(27-23)28(19-4-2-1-3-5-19)20-12-6-16(15-26)7-13-20/h1-13H,14H2,(H,29,30). The number of aromatic nitrogens is 1. The molecule has 0 saturated carbocycles. The number of nitriles is 1. The zero-order valence-electron chi connectivity index (χ0n) is 16.2. The van der Waals surface area contributed by atoms with Crippen molar-refractivity contribution in [3.8, 4) is 17.3 Å². The molecule has 31 heavy (non-hydrogen) atoms. The van der Waals surface area contributed by atoms with Gasteiger partial charge >= 0.3 is 5.97 Å². The Hall–Kier alpha value is -4.02. The van der Waals surface area contributed by atoms with Gasteiger partial charge in [-0.1, -0.05) is 29.5 Å². The molecular formula is C24H16FN3O2S. The molecule has 7 heteroatoms. The number of hydrogen-bond donors (Lipinski definition) is 1. The highest BCUT2D eigenvalue weighted by Gasteiger charge is 2.22. The van der Waals surface area contributed by atoms with E-state index in [1.54, 1.807) is 24.3 Å². The van der Waals surface area contributed by atoms with Crippen molar-refractivity contribution < 1.29 is 14.3 Å². The number of hydrogen-bond acceptors (Lipinski definition) is 5. The van der Waals surface area contributed by atoms with E-state index in [0.29, 0.717) is 26.8 Å². The molecule has 4 aromatic rings. The van der Waals surface area contributed by atoms with Crippen molar-refractivity contribution in [3.63, 3.8) is 0 Å². The SMILES string of the molecule is N#Cc1ccc(N(c2ccccc2)c2nc(-c3ccc(F)cc3)c(CC(=O)O)s2)cc1. The van der Waals surface area contributed by atoms with Crippen molar-refractivity contribution in [2.75, 3.05) is 4.90 Å². The first kappa shape index (κ1) is 20.3. The number of aliphatic carboxylic acids is 1. The van der Waals surface area contributed by atoms with Crippen molar-refractivity contribution >= 4 is 33.8 Å². The van der Waals surface area contributed by atoms with Crippen LogP contribution in [0.1, 0.15) is 10.4 Å². The highest BCUT2D eigenvalue weighted by molar-refractivity contribution is 7.16. The van der Waals surface area contributed by atoms with Crippen LogP contribution < -0.4 is 4.90 Å². The Balaban J connectivity index is 1.87. The Morgan fingerprint density at radius 1 is 1.00 bits per heavy atom. The van der Waals surface area contributed by atoms with Gasteiger partial charge in [0.2, 0.25) is 0 Å². The Morgan fingerprint density at radius 3 is 2.26 bits per heavy atom. The summed E-state index contributed by atoms with van der Waals surface area (Å²) >= 11 is 1.27. The number of carboxylic acid groups (broad SMARTS) is 1. The van der Waals surface area contributed by atoms with Crippen LogP contribution >= 0.6 is 11.3 Å². The van der Waals surface area contributed by atoms with Crippen LogP contribution in [0, 0.1) is 17.1 Å². The smallest absolute Gasteiger partial charge is 0.308 e. The lowest BCUT2D eigenvalue weighted by molar-refractivity contribution is -0.136. The number of rotatable bonds is 6. The monoisotopic (exact) mass is 429 g/mol. The molecule has 1 aromatic heterocycles. The molecule has 5 nitrogen and oxygen atoms in total. The molecule has 0 bridgehead atoms. The average Bonchev–Trinajstić information content (AvgIpc) is 3.18. The Bertz CT molecular complexity index is 1250. The van der Waals surface area contributed by atoms with Crippen LogP contribution in [0.4, 0.5) is 20.9 Å². The number of anilines is 3. The molecule has 0 aliphatic rings. The first-order chi connectivity index (χ1) is 15.0. The molecule has 0 aliphatic heterocycles. The van der Waals surface area contributed by atoms with E-state index in [4.69, 9.17) is 10.2 Å². The van der Waals surface area contributed by atoms with Gasteiger partial charge in [-0.3, -0.25) is 9.69 Å². The summed E-state index contributed by atoms with van der Waals surface area (Å²) < 4.78 is 13.4. The zero-order valence-corrected chi connectivity index (χ0v) is 17.0. The number of carbonyl (C=O) groups is 1. The number of carboxylic acids is 1. The summed E-state index contributed by atoms with van der Waals surface area (Å²) in [6.45, 7) is 0. The highest BCUT2D eigenvalue weighted by atomic mass is 32.1. The van der Waals surface area contributed by atoms with Crippen molar-refractivity contribution in [1.82, 2.24) is 4.98 Å². The van der Waals surface area contributed by atoms with Crippen molar-refractivity contribution in [2.24, 2.45) is 0 Å². The minimum absolute atomic E-state index is 0.194. The molecule has 1 heterocycles. The molecule has 0 unspecified atom stereocenters. The van der Waals surface area contributed by atoms with Crippen LogP contribution in [-0.2, 0) is 11.2 Å².